The van der Waals surface area contributed by atoms with Crippen LogP contribution in [0, 0.1) is 0 Å². The van der Waals surface area contributed by atoms with Crippen molar-refractivity contribution in [3.05, 3.63) is 10.4 Å². The Morgan fingerprint density at radius 3 is 3.06 bits per heavy atom. The highest BCUT2D eigenvalue weighted by Crippen LogP contribution is 2.37. The quantitative estimate of drug-likeness (QED) is 0.781. The van der Waals surface area contributed by atoms with E-state index in [0.717, 1.165) is 11.3 Å². The molecule has 0 amide bonds. The van der Waals surface area contributed by atoms with E-state index in [-0.39, 0.29) is 22.8 Å². The van der Waals surface area contributed by atoms with Gasteiger partial charge in [0.05, 0.1) is 10.0 Å². The molecule has 9 heteroatoms. The van der Waals surface area contributed by atoms with Crippen molar-refractivity contribution in [2.75, 3.05) is 11.9 Å². The Kier molecular flexibility index (Phi) is 3.81. The van der Waals surface area contributed by atoms with Crippen molar-refractivity contribution in [2.45, 2.75) is 23.6 Å². The van der Waals surface area contributed by atoms with E-state index in [1.54, 1.807) is 6.07 Å². The molecule has 2 heterocycles. The van der Waals surface area contributed by atoms with Gasteiger partial charge in [0, 0.05) is 12.6 Å². The highest BCUT2D eigenvalue weighted by molar-refractivity contribution is 7.92. The van der Waals surface area contributed by atoms with Crippen molar-refractivity contribution in [3.63, 3.8) is 0 Å². The minimum Gasteiger partial charge on any atom is -0.396 e. The van der Waals surface area contributed by atoms with Crippen LogP contribution in [-0.4, -0.2) is 32.1 Å². The van der Waals surface area contributed by atoms with Crippen LogP contribution < -0.4 is 10.6 Å². The molecule has 0 radical (unpaired) electrons. The Morgan fingerprint density at radius 1 is 1.67 bits per heavy atom. The van der Waals surface area contributed by atoms with Gasteiger partial charge in [-0.25, -0.2) is 0 Å². The lowest BCUT2D eigenvalue weighted by molar-refractivity contribution is 0.275. The summed E-state index contributed by atoms with van der Waals surface area (Å²) >= 11 is 6.76. The van der Waals surface area contributed by atoms with Gasteiger partial charge in [-0.2, -0.15) is 8.42 Å². The van der Waals surface area contributed by atoms with Gasteiger partial charge in [0.1, 0.15) is 0 Å². The molecule has 0 aromatic carbocycles. The predicted molar refractivity (Wildman–Crippen MR) is 71.9 cm³/mol. The molecule has 18 heavy (non-hydrogen) atoms. The molecule has 2 rings (SSSR count). The van der Waals surface area contributed by atoms with Crippen LogP contribution in [0.2, 0.25) is 4.34 Å². The maximum Gasteiger partial charge on any atom is 0.297 e. The summed E-state index contributed by atoms with van der Waals surface area (Å²) in [5, 5.41) is 14.5. The van der Waals surface area contributed by atoms with Gasteiger partial charge in [0.15, 0.2) is 4.21 Å². The van der Waals surface area contributed by atoms with Gasteiger partial charge in [-0.1, -0.05) is 11.6 Å². The Labute approximate surface area is 114 Å². The van der Waals surface area contributed by atoms with E-state index in [1.807, 2.05) is 6.92 Å². The molecule has 0 aliphatic carbocycles. The van der Waals surface area contributed by atoms with E-state index < -0.39 is 10.0 Å². The maximum atomic E-state index is 11.9. The summed E-state index contributed by atoms with van der Waals surface area (Å²) in [6.45, 7) is 1.84. The zero-order valence-corrected chi connectivity index (χ0v) is 11.9. The molecule has 1 unspecified atom stereocenters. The first-order valence-electron chi connectivity index (χ1n) is 5.21. The number of sulfonamides is 1. The topological polar surface area (TPSA) is 90.8 Å². The van der Waals surface area contributed by atoms with Crippen LogP contribution in [0.3, 0.4) is 0 Å². The minimum absolute atomic E-state index is 0.0176. The van der Waals surface area contributed by atoms with E-state index >= 15 is 0 Å². The second-order valence-electron chi connectivity index (χ2n) is 3.85. The number of nitrogens with one attached hydrogen (secondary N) is 2. The first-order valence-corrected chi connectivity index (χ1v) is 7.84. The smallest absolute Gasteiger partial charge is 0.297 e. The molecule has 6 nitrogen and oxygen atoms in total. The normalized spacial score (nSPS) is 18.5. The van der Waals surface area contributed by atoms with Crippen LogP contribution in [0.5, 0.6) is 0 Å². The third kappa shape index (κ3) is 2.77. The number of rotatable bonds is 3. The van der Waals surface area contributed by atoms with Crippen LogP contribution in [0.1, 0.15) is 13.3 Å². The number of nitrogens with zero attached hydrogens (tertiary/aromatic N) is 1. The van der Waals surface area contributed by atoms with Gasteiger partial charge < -0.3 is 15.7 Å². The van der Waals surface area contributed by atoms with Gasteiger partial charge in [-0.05, 0) is 19.4 Å². The second kappa shape index (κ2) is 5.04. The summed E-state index contributed by atoms with van der Waals surface area (Å²) in [7, 11) is -3.70. The van der Waals surface area contributed by atoms with Crippen molar-refractivity contribution in [1.29, 1.82) is 0 Å². The second-order valence-corrected chi connectivity index (χ2v) is 7.33. The van der Waals surface area contributed by atoms with Crippen molar-refractivity contribution >= 4 is 44.6 Å². The molecule has 3 N–H and O–H groups in total. The lowest BCUT2D eigenvalue weighted by Crippen LogP contribution is -2.40. The van der Waals surface area contributed by atoms with Gasteiger partial charge in [-0.15, -0.1) is 15.7 Å². The Balaban J connectivity index is 2.24. The van der Waals surface area contributed by atoms with Gasteiger partial charge >= 0.3 is 0 Å². The Hall–Kier alpha value is -0.830. The molecular weight excluding hydrogens is 298 g/mol. The molecule has 1 aliphatic heterocycles. The molecule has 1 aromatic rings. The molecule has 0 saturated heterocycles. The first kappa shape index (κ1) is 13.6. The monoisotopic (exact) mass is 309 g/mol. The lowest BCUT2D eigenvalue weighted by Gasteiger charge is -2.19. The maximum absolute atomic E-state index is 11.9. The molecule has 1 atom stereocenters. The summed E-state index contributed by atoms with van der Waals surface area (Å²) < 4.78 is 27.9. The number of anilines is 1. The minimum atomic E-state index is -3.70. The van der Waals surface area contributed by atoms with E-state index in [2.05, 4.69) is 15.0 Å². The molecule has 0 bridgehead atoms. The summed E-state index contributed by atoms with van der Waals surface area (Å²) in [6, 6.07) is 1.46. The van der Waals surface area contributed by atoms with Crippen molar-refractivity contribution in [1.82, 2.24) is 5.32 Å². The number of aliphatic hydroxyl groups is 1. The summed E-state index contributed by atoms with van der Waals surface area (Å²) in [6.07, 6.45) is 0.498. The summed E-state index contributed by atoms with van der Waals surface area (Å²) in [4.78, 5) is 0. The molecule has 1 aliphatic rings. The first-order chi connectivity index (χ1) is 8.42. The molecule has 0 saturated carbocycles. The van der Waals surface area contributed by atoms with E-state index in [4.69, 9.17) is 16.7 Å². The van der Waals surface area contributed by atoms with Gasteiger partial charge in [-0.3, -0.25) is 0 Å². The van der Waals surface area contributed by atoms with Crippen LogP contribution in [-0.2, 0) is 10.0 Å². The van der Waals surface area contributed by atoms with Gasteiger partial charge in [0.2, 0.25) is 5.96 Å². The molecule has 0 fully saturated rings. The summed E-state index contributed by atoms with van der Waals surface area (Å²) in [5.74, 6) is 0.151. The van der Waals surface area contributed by atoms with Gasteiger partial charge in [0.25, 0.3) is 10.0 Å². The third-order valence-corrected chi connectivity index (χ3v) is 5.36. The average molecular weight is 310 g/mol. The van der Waals surface area contributed by atoms with Crippen LogP contribution in [0.25, 0.3) is 0 Å². The molecular formula is C9H12ClN3O3S2. The fraction of sp³-hybridized carbons (Fsp3) is 0.444. The van der Waals surface area contributed by atoms with E-state index in [0.29, 0.717) is 16.4 Å². The number of hydrogen-bond donors (Lipinski definition) is 3. The van der Waals surface area contributed by atoms with E-state index in [9.17, 15) is 8.42 Å². The Morgan fingerprint density at radius 2 is 2.39 bits per heavy atom. The van der Waals surface area contributed by atoms with Crippen molar-refractivity contribution < 1.29 is 13.5 Å². The summed E-state index contributed by atoms with van der Waals surface area (Å²) in [5.41, 5.74) is 0.429. The lowest BCUT2D eigenvalue weighted by atomic mass is 10.2. The number of hydrogen-bond acceptors (Lipinski definition) is 6. The highest BCUT2D eigenvalue weighted by Gasteiger charge is 2.28. The third-order valence-electron chi connectivity index (χ3n) is 2.31. The zero-order chi connectivity index (χ0) is 13.3. The number of guanidine groups is 1. The number of thiophene rings is 1. The van der Waals surface area contributed by atoms with Crippen LogP contribution in [0.15, 0.2) is 14.7 Å². The zero-order valence-electron chi connectivity index (χ0n) is 9.47. The molecule has 0 spiro atoms. The largest absolute Gasteiger partial charge is 0.396 e. The Bertz CT molecular complexity index is 582. The SMILES string of the molecule is CC(CCO)NC1=NS(=O)(=O)c2sc(Cl)cc2N1. The predicted octanol–water partition coefficient (Wildman–Crippen LogP) is 1.23. The fourth-order valence-electron chi connectivity index (χ4n) is 1.50. The van der Waals surface area contributed by atoms with Crippen molar-refractivity contribution in [3.8, 4) is 0 Å². The van der Waals surface area contributed by atoms with E-state index in [1.165, 1.54) is 0 Å². The average Bonchev–Trinajstić information content (AvgIpc) is 2.59. The fourth-order valence-corrected chi connectivity index (χ4v) is 4.16. The number of aliphatic hydroxyl groups excluding tert-OH is 1. The standard InChI is InChI=1S/C9H12ClN3O3S2/c1-5(2-3-14)11-9-12-6-4-7(10)17-8(6)18(15,16)13-9/h4-5,14H,2-3H2,1H3,(H2,11,12,13). The number of fused-ring (bicyclic) bond motifs is 1. The van der Waals surface area contributed by atoms with Crippen LogP contribution in [0.4, 0.5) is 5.69 Å². The molecule has 1 aromatic heterocycles. The molecule has 100 valence electrons. The number of halogens is 1. The highest BCUT2D eigenvalue weighted by atomic mass is 35.5. The van der Waals surface area contributed by atoms with Crippen LogP contribution >= 0.6 is 22.9 Å². The van der Waals surface area contributed by atoms with Crippen molar-refractivity contribution in [2.24, 2.45) is 4.40 Å².